The van der Waals surface area contributed by atoms with E-state index in [1.807, 2.05) is 0 Å². The number of carbonyl (C=O) groups is 2. The molecule has 126 valence electrons. The summed E-state index contributed by atoms with van der Waals surface area (Å²) in [5.41, 5.74) is -0.976. The minimum Gasteiger partial charge on any atom is -0.479 e. The number of aliphatic carboxylic acids is 1. The fourth-order valence-corrected chi connectivity index (χ4v) is 3.94. The maximum Gasteiger partial charge on any atom is 0.332 e. The number of amides is 1. The quantitative estimate of drug-likeness (QED) is 0.865. The molecule has 23 heavy (non-hydrogen) atoms. The molecule has 0 bridgehead atoms. The zero-order chi connectivity index (χ0) is 16.8. The van der Waals surface area contributed by atoms with E-state index in [-0.39, 0.29) is 6.42 Å². The van der Waals surface area contributed by atoms with Gasteiger partial charge in [0.05, 0.1) is 11.1 Å². The van der Waals surface area contributed by atoms with Crippen LogP contribution in [0.5, 0.6) is 0 Å². The topological polar surface area (TPSA) is 84.2 Å². The second-order valence-corrected chi connectivity index (χ2v) is 6.47. The van der Waals surface area contributed by atoms with Gasteiger partial charge in [-0.2, -0.15) is 5.10 Å². The Kier molecular flexibility index (Phi) is 3.65. The van der Waals surface area contributed by atoms with Crippen LogP contribution in [0.1, 0.15) is 43.8 Å². The van der Waals surface area contributed by atoms with E-state index < -0.39 is 35.2 Å². The van der Waals surface area contributed by atoms with Crippen LogP contribution >= 0.6 is 0 Å². The molecule has 0 aliphatic heterocycles. The fraction of sp³-hybridized carbons (Fsp3) is 0.667. The predicted molar refractivity (Wildman–Crippen MR) is 75.7 cm³/mol. The lowest BCUT2D eigenvalue weighted by Gasteiger charge is -2.21. The average Bonchev–Trinajstić information content (AvgIpc) is 2.77. The van der Waals surface area contributed by atoms with Crippen molar-refractivity contribution >= 4 is 11.9 Å². The highest BCUT2D eigenvalue weighted by Crippen LogP contribution is 2.73. The number of hydrogen-bond acceptors (Lipinski definition) is 3. The first-order valence-electron chi connectivity index (χ1n) is 7.67. The second kappa shape index (κ2) is 5.28. The molecule has 2 aliphatic carbocycles. The summed E-state index contributed by atoms with van der Waals surface area (Å²) in [7, 11) is 1.56. The number of alkyl halides is 2. The summed E-state index contributed by atoms with van der Waals surface area (Å²) in [6, 6.07) is 0.188. The van der Waals surface area contributed by atoms with Crippen molar-refractivity contribution in [3.63, 3.8) is 0 Å². The van der Waals surface area contributed by atoms with E-state index in [1.165, 1.54) is 16.9 Å². The number of rotatable bonds is 5. The van der Waals surface area contributed by atoms with Gasteiger partial charge in [0.15, 0.2) is 6.04 Å². The molecule has 8 heteroatoms. The molecule has 3 atom stereocenters. The minimum atomic E-state index is -2.81. The molecule has 0 aromatic carbocycles. The SMILES string of the molecule is Cn1nccc1C(NC(=O)CC12CCCCC1C2(F)F)C(=O)O. The Morgan fingerprint density at radius 3 is 2.83 bits per heavy atom. The molecule has 3 unspecified atom stereocenters. The molecule has 1 aromatic rings. The first kappa shape index (κ1) is 15.9. The van der Waals surface area contributed by atoms with Gasteiger partial charge < -0.3 is 10.4 Å². The van der Waals surface area contributed by atoms with Crippen LogP contribution in [0.15, 0.2) is 12.3 Å². The standard InChI is InChI=1S/C15H19F2N3O3/c1-20-9(5-7-18-20)12(13(22)23)19-11(21)8-14-6-3-2-4-10(14)15(14,16)17/h5,7,10,12H,2-4,6,8H2,1H3,(H,19,21)(H,22,23). The summed E-state index contributed by atoms with van der Waals surface area (Å²) < 4.78 is 29.4. The van der Waals surface area contributed by atoms with Gasteiger partial charge in [-0.15, -0.1) is 0 Å². The van der Waals surface area contributed by atoms with Crippen molar-refractivity contribution in [2.45, 2.75) is 44.1 Å². The number of nitrogens with one attached hydrogen (secondary N) is 1. The van der Waals surface area contributed by atoms with E-state index in [1.54, 1.807) is 7.05 Å². The third-order valence-electron chi connectivity index (χ3n) is 5.23. The van der Waals surface area contributed by atoms with Crippen LogP contribution in [0.2, 0.25) is 0 Å². The van der Waals surface area contributed by atoms with Crippen molar-refractivity contribution in [3.8, 4) is 0 Å². The van der Waals surface area contributed by atoms with Crippen LogP contribution in [0.4, 0.5) is 8.78 Å². The molecular weight excluding hydrogens is 308 g/mol. The van der Waals surface area contributed by atoms with Crippen LogP contribution in [0.3, 0.4) is 0 Å². The summed E-state index contributed by atoms with van der Waals surface area (Å²) in [5.74, 6) is -5.45. The van der Waals surface area contributed by atoms with Gasteiger partial charge in [0.2, 0.25) is 5.91 Å². The van der Waals surface area contributed by atoms with Gasteiger partial charge in [0, 0.05) is 25.6 Å². The highest BCUT2D eigenvalue weighted by atomic mass is 19.3. The van der Waals surface area contributed by atoms with Crippen molar-refractivity contribution in [1.29, 1.82) is 0 Å². The van der Waals surface area contributed by atoms with E-state index in [0.717, 1.165) is 6.42 Å². The van der Waals surface area contributed by atoms with Crippen LogP contribution in [-0.2, 0) is 16.6 Å². The number of halogens is 2. The third-order valence-corrected chi connectivity index (χ3v) is 5.23. The number of aromatic nitrogens is 2. The van der Waals surface area contributed by atoms with Gasteiger partial charge >= 0.3 is 5.97 Å². The lowest BCUT2D eigenvalue weighted by molar-refractivity contribution is -0.142. The molecule has 1 heterocycles. The smallest absolute Gasteiger partial charge is 0.332 e. The monoisotopic (exact) mass is 327 g/mol. The van der Waals surface area contributed by atoms with Gasteiger partial charge in [0.1, 0.15) is 0 Å². The highest BCUT2D eigenvalue weighted by molar-refractivity contribution is 5.85. The van der Waals surface area contributed by atoms with Crippen LogP contribution < -0.4 is 5.32 Å². The van der Waals surface area contributed by atoms with Crippen LogP contribution in [0.25, 0.3) is 0 Å². The molecule has 0 saturated heterocycles. The highest BCUT2D eigenvalue weighted by Gasteiger charge is 2.80. The summed E-state index contributed by atoms with van der Waals surface area (Å²) in [5, 5.41) is 15.5. The van der Waals surface area contributed by atoms with Crippen molar-refractivity contribution in [2.24, 2.45) is 18.4 Å². The Morgan fingerprint density at radius 1 is 1.52 bits per heavy atom. The Morgan fingerprint density at radius 2 is 2.26 bits per heavy atom. The number of carboxylic acids is 1. The maximum atomic E-state index is 14.0. The average molecular weight is 327 g/mol. The molecule has 3 rings (SSSR count). The molecular formula is C15H19F2N3O3. The van der Waals surface area contributed by atoms with E-state index in [9.17, 15) is 23.5 Å². The summed E-state index contributed by atoms with van der Waals surface area (Å²) in [6.07, 6.45) is 3.29. The number of carboxylic acid groups (broad SMARTS) is 1. The third kappa shape index (κ3) is 2.40. The molecule has 2 saturated carbocycles. The van der Waals surface area contributed by atoms with Crippen LogP contribution in [0, 0.1) is 11.3 Å². The molecule has 2 aliphatic rings. The first-order chi connectivity index (χ1) is 10.8. The van der Waals surface area contributed by atoms with Gasteiger partial charge in [0.25, 0.3) is 5.92 Å². The number of carbonyl (C=O) groups excluding carboxylic acids is 1. The van der Waals surface area contributed by atoms with Crippen molar-refractivity contribution in [2.75, 3.05) is 0 Å². The zero-order valence-electron chi connectivity index (χ0n) is 12.8. The number of nitrogens with zero attached hydrogens (tertiary/aromatic N) is 2. The second-order valence-electron chi connectivity index (χ2n) is 6.47. The Balaban J connectivity index is 1.71. The maximum absolute atomic E-state index is 14.0. The molecule has 6 nitrogen and oxygen atoms in total. The normalized spacial score (nSPS) is 29.4. The van der Waals surface area contributed by atoms with E-state index >= 15 is 0 Å². The van der Waals surface area contributed by atoms with Crippen molar-refractivity contribution in [3.05, 3.63) is 18.0 Å². The van der Waals surface area contributed by atoms with Gasteiger partial charge in [-0.05, 0) is 18.9 Å². The fourth-order valence-electron chi connectivity index (χ4n) is 3.94. The van der Waals surface area contributed by atoms with Crippen LogP contribution in [-0.4, -0.2) is 32.7 Å². The molecule has 0 spiro atoms. The summed E-state index contributed by atoms with van der Waals surface area (Å²) >= 11 is 0. The van der Waals surface area contributed by atoms with E-state index in [4.69, 9.17) is 0 Å². The largest absolute Gasteiger partial charge is 0.479 e. The number of hydrogen-bond donors (Lipinski definition) is 2. The summed E-state index contributed by atoms with van der Waals surface area (Å²) in [4.78, 5) is 23.6. The molecule has 0 radical (unpaired) electrons. The number of aryl methyl sites for hydroxylation is 1. The minimum absolute atomic E-state index is 0.297. The van der Waals surface area contributed by atoms with E-state index in [2.05, 4.69) is 10.4 Å². The summed E-state index contributed by atoms with van der Waals surface area (Å²) in [6.45, 7) is 0. The van der Waals surface area contributed by atoms with Gasteiger partial charge in [-0.1, -0.05) is 12.8 Å². The molecule has 1 amide bonds. The number of fused-ring (bicyclic) bond motifs is 1. The van der Waals surface area contributed by atoms with Crippen molar-refractivity contribution < 1.29 is 23.5 Å². The lowest BCUT2D eigenvalue weighted by atomic mass is 9.85. The predicted octanol–water partition coefficient (Wildman–Crippen LogP) is 1.88. The van der Waals surface area contributed by atoms with Crippen molar-refractivity contribution in [1.82, 2.24) is 15.1 Å². The molecule has 2 N–H and O–H groups in total. The molecule has 1 aromatic heterocycles. The Hall–Kier alpha value is -1.99. The van der Waals surface area contributed by atoms with E-state index in [0.29, 0.717) is 25.0 Å². The van der Waals surface area contributed by atoms with Gasteiger partial charge in [-0.3, -0.25) is 9.48 Å². The van der Waals surface area contributed by atoms with Gasteiger partial charge in [-0.25, -0.2) is 13.6 Å². The zero-order valence-corrected chi connectivity index (χ0v) is 12.8. The first-order valence-corrected chi connectivity index (χ1v) is 7.67. The Labute approximate surface area is 131 Å². The molecule has 2 fully saturated rings. The lowest BCUT2D eigenvalue weighted by Crippen LogP contribution is -2.37. The Bertz CT molecular complexity index is 646.